The minimum atomic E-state index is -5.09. The first kappa shape index (κ1) is 24.5. The quantitative estimate of drug-likeness (QED) is 0.314. The molecule has 6 nitrogen and oxygen atoms in total. The highest BCUT2D eigenvalue weighted by molar-refractivity contribution is 5.87. The van der Waals surface area contributed by atoms with Crippen LogP contribution in [0.3, 0.4) is 0 Å². The fourth-order valence-corrected chi connectivity index (χ4v) is 4.59. The van der Waals surface area contributed by atoms with Crippen LogP contribution in [0.2, 0.25) is 0 Å². The Morgan fingerprint density at radius 2 is 1.76 bits per heavy atom. The summed E-state index contributed by atoms with van der Waals surface area (Å²) in [5, 5.41) is 16.3. The van der Waals surface area contributed by atoms with Crippen molar-refractivity contribution in [3.63, 3.8) is 0 Å². The van der Waals surface area contributed by atoms with Gasteiger partial charge in [-0.2, -0.15) is 18.3 Å². The van der Waals surface area contributed by atoms with Crippen molar-refractivity contribution in [2.45, 2.75) is 25.2 Å². The monoisotopic (exact) mass is 510 g/mol. The van der Waals surface area contributed by atoms with Crippen LogP contribution in [-0.2, 0) is 16.9 Å². The van der Waals surface area contributed by atoms with Gasteiger partial charge in [-0.3, -0.25) is 4.79 Å². The molecule has 0 saturated heterocycles. The zero-order chi connectivity index (χ0) is 26.5. The number of alkyl halides is 3. The molecule has 0 radical (unpaired) electrons. The molecular formula is C27H22F4N4O2. The van der Waals surface area contributed by atoms with E-state index in [1.165, 1.54) is 70.2 Å². The molecule has 5 aromatic rings. The molecule has 2 unspecified atom stereocenters. The van der Waals surface area contributed by atoms with Gasteiger partial charge in [0.15, 0.2) is 0 Å². The maximum absolute atomic E-state index is 14.7. The minimum Gasteiger partial charge on any atom is -0.372 e. The van der Waals surface area contributed by atoms with Crippen molar-refractivity contribution in [1.82, 2.24) is 14.3 Å². The normalized spacial score (nSPS) is 14.6. The molecule has 0 aliphatic heterocycles. The molecule has 3 aromatic carbocycles. The van der Waals surface area contributed by atoms with E-state index in [9.17, 15) is 27.5 Å². The van der Waals surface area contributed by atoms with Crippen molar-refractivity contribution in [3.8, 4) is 5.69 Å². The predicted molar refractivity (Wildman–Crippen MR) is 130 cm³/mol. The number of hydrogen-bond acceptors (Lipinski definition) is 3. The smallest absolute Gasteiger partial charge is 0.372 e. The van der Waals surface area contributed by atoms with Crippen molar-refractivity contribution in [2.75, 3.05) is 0 Å². The summed E-state index contributed by atoms with van der Waals surface area (Å²) in [4.78, 5) is 11.6. The summed E-state index contributed by atoms with van der Waals surface area (Å²) < 4.78 is 60.5. The van der Waals surface area contributed by atoms with E-state index in [0.29, 0.717) is 22.1 Å². The molecule has 3 N–H and O–H groups in total. The van der Waals surface area contributed by atoms with Crippen LogP contribution in [0, 0.1) is 11.7 Å². The standard InChI is InChI=1S/C27H22F4N4O2/c1-16(25(32)36)14-34-15-22(21-4-2-3-5-24(21)34)26(37,27(29,30)31)18-6-11-23-17(12-18)13-33-35(23)20-9-7-19(28)8-10-20/h2-13,15-16,37H,14H2,1H3,(H2,32,36). The van der Waals surface area contributed by atoms with Crippen LogP contribution in [0.15, 0.2) is 79.1 Å². The molecule has 0 aliphatic carbocycles. The van der Waals surface area contributed by atoms with Crippen molar-refractivity contribution in [3.05, 3.63) is 96.1 Å². The third-order valence-corrected chi connectivity index (χ3v) is 6.60. The van der Waals surface area contributed by atoms with Gasteiger partial charge in [-0.1, -0.05) is 31.2 Å². The minimum absolute atomic E-state index is 0.0489. The molecule has 0 saturated carbocycles. The number of para-hydroxylation sites is 1. The lowest BCUT2D eigenvalue weighted by Gasteiger charge is -2.31. The molecule has 5 rings (SSSR count). The fourth-order valence-electron chi connectivity index (χ4n) is 4.59. The number of nitrogens with two attached hydrogens (primary N) is 1. The van der Waals surface area contributed by atoms with E-state index in [-0.39, 0.29) is 17.5 Å². The number of nitrogens with zero attached hydrogens (tertiary/aromatic N) is 3. The van der Waals surface area contributed by atoms with Gasteiger partial charge in [-0.05, 0) is 48.0 Å². The van der Waals surface area contributed by atoms with E-state index < -0.39 is 35.0 Å². The van der Waals surface area contributed by atoms with Crippen LogP contribution in [-0.4, -0.2) is 31.5 Å². The average Bonchev–Trinajstić information content (AvgIpc) is 3.45. The molecule has 37 heavy (non-hydrogen) atoms. The van der Waals surface area contributed by atoms with E-state index in [2.05, 4.69) is 5.10 Å². The SMILES string of the molecule is CC(Cn1cc(C(O)(c2ccc3c(cnn3-c3ccc(F)cc3)c2)C(F)(F)F)c2ccccc21)C(N)=O. The van der Waals surface area contributed by atoms with Crippen LogP contribution in [0.1, 0.15) is 18.1 Å². The summed E-state index contributed by atoms with van der Waals surface area (Å²) in [6, 6.07) is 15.8. The van der Waals surface area contributed by atoms with Gasteiger partial charge >= 0.3 is 6.18 Å². The number of halogens is 4. The van der Waals surface area contributed by atoms with Crippen molar-refractivity contribution in [1.29, 1.82) is 0 Å². The second kappa shape index (κ2) is 8.74. The summed E-state index contributed by atoms with van der Waals surface area (Å²) in [6.07, 6.45) is -2.47. The number of aromatic nitrogens is 3. The molecule has 0 spiro atoms. The Hall–Kier alpha value is -4.18. The van der Waals surface area contributed by atoms with Gasteiger partial charge in [-0.15, -0.1) is 0 Å². The van der Waals surface area contributed by atoms with E-state index in [1.54, 1.807) is 25.1 Å². The van der Waals surface area contributed by atoms with Crippen LogP contribution < -0.4 is 5.73 Å². The van der Waals surface area contributed by atoms with E-state index in [1.807, 2.05) is 0 Å². The first-order chi connectivity index (χ1) is 17.5. The number of rotatable bonds is 6. The Balaban J connectivity index is 1.68. The third-order valence-electron chi connectivity index (χ3n) is 6.60. The highest BCUT2D eigenvalue weighted by Crippen LogP contribution is 2.47. The average molecular weight is 510 g/mol. The van der Waals surface area contributed by atoms with Gasteiger partial charge < -0.3 is 15.4 Å². The van der Waals surface area contributed by atoms with Crippen LogP contribution in [0.5, 0.6) is 0 Å². The first-order valence-corrected chi connectivity index (χ1v) is 11.4. The fraction of sp³-hybridized carbons (Fsp3) is 0.185. The summed E-state index contributed by atoms with van der Waals surface area (Å²) >= 11 is 0. The highest BCUT2D eigenvalue weighted by atomic mass is 19.4. The number of fused-ring (bicyclic) bond motifs is 2. The lowest BCUT2D eigenvalue weighted by Crippen LogP contribution is -2.43. The van der Waals surface area contributed by atoms with Crippen LogP contribution in [0.25, 0.3) is 27.5 Å². The third kappa shape index (κ3) is 4.03. The first-order valence-electron chi connectivity index (χ1n) is 11.4. The van der Waals surface area contributed by atoms with E-state index >= 15 is 0 Å². The van der Waals surface area contributed by atoms with Gasteiger partial charge in [-0.25, -0.2) is 9.07 Å². The number of carbonyl (C=O) groups excluding carboxylic acids is 1. The van der Waals surface area contributed by atoms with Crippen molar-refractivity contribution < 1.29 is 27.5 Å². The number of primary amides is 1. The van der Waals surface area contributed by atoms with Crippen molar-refractivity contribution in [2.24, 2.45) is 11.7 Å². The van der Waals surface area contributed by atoms with Gasteiger partial charge in [0, 0.05) is 34.6 Å². The number of amides is 1. The molecule has 2 aromatic heterocycles. The van der Waals surface area contributed by atoms with Gasteiger partial charge in [0.05, 0.1) is 23.3 Å². The largest absolute Gasteiger partial charge is 0.425 e. The zero-order valence-corrected chi connectivity index (χ0v) is 19.6. The maximum atomic E-state index is 14.7. The maximum Gasteiger partial charge on any atom is 0.425 e. The van der Waals surface area contributed by atoms with Gasteiger partial charge in [0.1, 0.15) is 5.82 Å². The molecular weight excluding hydrogens is 488 g/mol. The van der Waals surface area contributed by atoms with E-state index in [4.69, 9.17) is 5.73 Å². The lowest BCUT2D eigenvalue weighted by molar-refractivity contribution is -0.247. The summed E-state index contributed by atoms with van der Waals surface area (Å²) in [6.45, 7) is 1.63. The molecule has 0 bridgehead atoms. The molecule has 10 heteroatoms. The molecule has 0 fully saturated rings. The second-order valence-electron chi connectivity index (χ2n) is 9.03. The second-order valence-corrected chi connectivity index (χ2v) is 9.03. The Bertz CT molecular complexity index is 1620. The Kier molecular flexibility index (Phi) is 5.79. The lowest BCUT2D eigenvalue weighted by atomic mass is 9.85. The topological polar surface area (TPSA) is 86.1 Å². The molecule has 190 valence electrons. The molecule has 0 aliphatic rings. The molecule has 2 heterocycles. The van der Waals surface area contributed by atoms with E-state index in [0.717, 1.165) is 0 Å². The highest BCUT2D eigenvalue weighted by Gasteiger charge is 2.57. The molecule has 1 amide bonds. The zero-order valence-electron chi connectivity index (χ0n) is 19.6. The summed E-state index contributed by atoms with van der Waals surface area (Å²) in [5.74, 6) is -1.66. The Morgan fingerprint density at radius 1 is 1.05 bits per heavy atom. The van der Waals surface area contributed by atoms with Crippen LogP contribution in [0.4, 0.5) is 17.6 Å². The number of hydrogen-bond donors (Lipinski definition) is 2. The summed E-state index contributed by atoms with van der Waals surface area (Å²) in [7, 11) is 0. The Labute approximate surface area is 208 Å². The molecule has 2 atom stereocenters. The van der Waals surface area contributed by atoms with Crippen molar-refractivity contribution >= 4 is 27.7 Å². The number of aliphatic hydroxyl groups is 1. The van der Waals surface area contributed by atoms with Gasteiger partial charge in [0.2, 0.25) is 11.5 Å². The Morgan fingerprint density at radius 3 is 2.43 bits per heavy atom. The summed E-state index contributed by atoms with van der Waals surface area (Å²) in [5.41, 5.74) is 2.70. The number of benzene rings is 3. The van der Waals surface area contributed by atoms with Crippen LogP contribution >= 0.6 is 0 Å². The van der Waals surface area contributed by atoms with Gasteiger partial charge in [0.25, 0.3) is 0 Å². The number of carbonyl (C=O) groups is 1. The predicted octanol–water partition coefficient (Wildman–Crippen LogP) is 5.04.